The lowest BCUT2D eigenvalue weighted by molar-refractivity contribution is 0.703. The largest absolute Gasteiger partial charge is 0.381 e. The van der Waals surface area contributed by atoms with Crippen molar-refractivity contribution in [3.63, 3.8) is 0 Å². The molecule has 0 amide bonds. The zero-order valence-corrected chi connectivity index (χ0v) is 7.33. The van der Waals surface area contributed by atoms with Gasteiger partial charge in [0.2, 0.25) is 0 Å². The van der Waals surface area contributed by atoms with Crippen molar-refractivity contribution in [1.29, 1.82) is 0 Å². The number of anilines is 1. The van der Waals surface area contributed by atoms with Crippen LogP contribution >= 0.6 is 0 Å². The first-order valence-electron chi connectivity index (χ1n) is 4.23. The van der Waals surface area contributed by atoms with E-state index in [1.807, 2.05) is 12.1 Å². The van der Waals surface area contributed by atoms with Crippen molar-refractivity contribution in [2.24, 2.45) is 5.73 Å². The third-order valence-electron chi connectivity index (χ3n) is 1.83. The first kappa shape index (κ1) is 9.00. The smallest absolute Gasteiger partial charge is 0.0381 e. The van der Waals surface area contributed by atoms with Crippen LogP contribution in [0.15, 0.2) is 24.5 Å². The highest BCUT2D eigenvalue weighted by molar-refractivity contribution is 5.41. The Bertz CT molecular complexity index is 206. The van der Waals surface area contributed by atoms with Crippen LogP contribution in [0.2, 0.25) is 0 Å². The second kappa shape index (κ2) is 4.72. The predicted octanol–water partition coefficient (Wildman–Crippen LogP) is 1.23. The summed E-state index contributed by atoms with van der Waals surface area (Å²) in [5.41, 5.74) is 6.64. The van der Waals surface area contributed by atoms with Gasteiger partial charge >= 0.3 is 0 Å². The number of hydrogen-bond donors (Lipinski definition) is 2. The van der Waals surface area contributed by atoms with E-state index in [9.17, 15) is 0 Å². The van der Waals surface area contributed by atoms with Crippen LogP contribution in [-0.2, 0) is 0 Å². The molecule has 1 unspecified atom stereocenters. The molecule has 1 heterocycles. The topological polar surface area (TPSA) is 50.9 Å². The van der Waals surface area contributed by atoms with Crippen LogP contribution in [0.3, 0.4) is 0 Å². The van der Waals surface area contributed by atoms with E-state index >= 15 is 0 Å². The monoisotopic (exact) mass is 165 g/mol. The Morgan fingerprint density at radius 2 is 2.17 bits per heavy atom. The summed E-state index contributed by atoms with van der Waals surface area (Å²) in [5.74, 6) is 0. The fraction of sp³-hybridized carbons (Fsp3) is 0.444. The lowest BCUT2D eigenvalue weighted by Gasteiger charge is -2.15. The maximum absolute atomic E-state index is 5.55. The summed E-state index contributed by atoms with van der Waals surface area (Å²) < 4.78 is 0. The average Bonchev–Trinajstić information content (AvgIpc) is 2.16. The lowest BCUT2D eigenvalue weighted by Crippen LogP contribution is -2.27. The highest BCUT2D eigenvalue weighted by Crippen LogP contribution is 2.06. The van der Waals surface area contributed by atoms with Crippen molar-refractivity contribution in [3.8, 4) is 0 Å². The van der Waals surface area contributed by atoms with E-state index in [-0.39, 0.29) is 0 Å². The van der Waals surface area contributed by atoms with Crippen molar-refractivity contribution in [3.05, 3.63) is 24.5 Å². The van der Waals surface area contributed by atoms with E-state index in [0.29, 0.717) is 12.6 Å². The Labute approximate surface area is 73.0 Å². The summed E-state index contributed by atoms with van der Waals surface area (Å²) in [6, 6.07) is 4.25. The number of nitrogens with zero attached hydrogens (tertiary/aromatic N) is 1. The van der Waals surface area contributed by atoms with Gasteiger partial charge in [0.05, 0.1) is 0 Å². The quantitative estimate of drug-likeness (QED) is 0.705. The minimum atomic E-state index is 0.368. The zero-order chi connectivity index (χ0) is 8.81. The van der Waals surface area contributed by atoms with Crippen molar-refractivity contribution in [2.45, 2.75) is 19.4 Å². The van der Waals surface area contributed by atoms with Gasteiger partial charge in [-0.1, -0.05) is 6.92 Å². The van der Waals surface area contributed by atoms with E-state index in [0.717, 1.165) is 12.1 Å². The van der Waals surface area contributed by atoms with Gasteiger partial charge in [-0.2, -0.15) is 0 Å². The zero-order valence-electron chi connectivity index (χ0n) is 7.33. The summed E-state index contributed by atoms with van der Waals surface area (Å²) in [5, 5.41) is 3.31. The third kappa shape index (κ3) is 2.51. The normalized spacial score (nSPS) is 12.5. The Balaban J connectivity index is 2.51. The molecular weight excluding hydrogens is 150 g/mol. The van der Waals surface area contributed by atoms with E-state index in [1.165, 1.54) is 0 Å². The Morgan fingerprint density at radius 3 is 2.67 bits per heavy atom. The maximum atomic E-state index is 5.55. The molecule has 0 aliphatic carbocycles. The van der Waals surface area contributed by atoms with Crippen LogP contribution in [0.4, 0.5) is 5.69 Å². The van der Waals surface area contributed by atoms with Gasteiger partial charge in [-0.05, 0) is 18.6 Å². The number of nitrogens with two attached hydrogens (primary N) is 1. The van der Waals surface area contributed by atoms with Crippen LogP contribution in [0.25, 0.3) is 0 Å². The molecule has 3 heteroatoms. The minimum Gasteiger partial charge on any atom is -0.381 e. The minimum absolute atomic E-state index is 0.368. The molecule has 12 heavy (non-hydrogen) atoms. The number of pyridine rings is 1. The molecule has 3 N–H and O–H groups in total. The van der Waals surface area contributed by atoms with Crippen molar-refractivity contribution in [2.75, 3.05) is 11.9 Å². The Kier molecular flexibility index (Phi) is 3.54. The number of rotatable bonds is 4. The second-order valence-electron chi connectivity index (χ2n) is 2.72. The molecule has 0 radical (unpaired) electrons. The second-order valence-corrected chi connectivity index (χ2v) is 2.72. The van der Waals surface area contributed by atoms with E-state index < -0.39 is 0 Å². The molecule has 3 nitrogen and oxygen atoms in total. The number of nitrogens with one attached hydrogen (secondary N) is 1. The molecule has 66 valence electrons. The summed E-state index contributed by atoms with van der Waals surface area (Å²) in [4.78, 5) is 3.93. The van der Waals surface area contributed by atoms with Gasteiger partial charge < -0.3 is 11.1 Å². The van der Waals surface area contributed by atoms with E-state index in [4.69, 9.17) is 5.73 Å². The summed E-state index contributed by atoms with van der Waals surface area (Å²) in [7, 11) is 0. The molecular formula is C9H15N3. The van der Waals surface area contributed by atoms with Gasteiger partial charge in [0.1, 0.15) is 0 Å². The fourth-order valence-electron chi connectivity index (χ4n) is 1.01. The van der Waals surface area contributed by atoms with Gasteiger partial charge in [-0.25, -0.2) is 0 Å². The van der Waals surface area contributed by atoms with Crippen molar-refractivity contribution >= 4 is 5.69 Å². The van der Waals surface area contributed by atoms with Gasteiger partial charge in [0, 0.05) is 30.7 Å². The molecule has 1 aromatic heterocycles. The van der Waals surface area contributed by atoms with Crippen molar-refractivity contribution < 1.29 is 0 Å². The van der Waals surface area contributed by atoms with Gasteiger partial charge in [-0.15, -0.1) is 0 Å². The van der Waals surface area contributed by atoms with Crippen molar-refractivity contribution in [1.82, 2.24) is 4.98 Å². The van der Waals surface area contributed by atoms with Gasteiger partial charge in [0.15, 0.2) is 0 Å². The Morgan fingerprint density at radius 1 is 1.50 bits per heavy atom. The summed E-state index contributed by atoms with van der Waals surface area (Å²) >= 11 is 0. The standard InChI is InChI=1S/C9H15N3/c1-2-8(7-10)12-9-3-5-11-6-4-9/h3-6,8H,2,7,10H2,1H3,(H,11,12). The highest BCUT2D eigenvalue weighted by Gasteiger charge is 2.01. The van der Waals surface area contributed by atoms with Gasteiger partial charge in [-0.3, -0.25) is 4.98 Å². The first-order valence-corrected chi connectivity index (χ1v) is 4.23. The lowest BCUT2D eigenvalue weighted by atomic mass is 10.2. The molecule has 1 atom stereocenters. The molecule has 0 bridgehead atoms. The maximum Gasteiger partial charge on any atom is 0.0381 e. The molecule has 0 aliphatic heterocycles. The summed E-state index contributed by atoms with van der Waals surface area (Å²) in [6.07, 6.45) is 4.58. The Hall–Kier alpha value is -1.09. The van der Waals surface area contributed by atoms with Gasteiger partial charge in [0.25, 0.3) is 0 Å². The molecule has 0 saturated carbocycles. The van der Waals surface area contributed by atoms with Crippen LogP contribution < -0.4 is 11.1 Å². The van der Waals surface area contributed by atoms with Crippen LogP contribution in [0.1, 0.15) is 13.3 Å². The molecule has 0 aromatic carbocycles. The fourth-order valence-corrected chi connectivity index (χ4v) is 1.01. The SMILES string of the molecule is CCC(CN)Nc1ccncc1. The van der Waals surface area contributed by atoms with Crippen LogP contribution in [0, 0.1) is 0 Å². The molecule has 1 rings (SSSR count). The molecule has 0 saturated heterocycles. The molecule has 0 aliphatic rings. The average molecular weight is 165 g/mol. The highest BCUT2D eigenvalue weighted by atomic mass is 14.9. The third-order valence-corrected chi connectivity index (χ3v) is 1.83. The predicted molar refractivity (Wildman–Crippen MR) is 51.0 cm³/mol. The number of aromatic nitrogens is 1. The molecule has 0 spiro atoms. The van der Waals surface area contributed by atoms with E-state index in [1.54, 1.807) is 12.4 Å². The van der Waals surface area contributed by atoms with E-state index in [2.05, 4.69) is 17.2 Å². The molecule has 0 fully saturated rings. The first-order chi connectivity index (χ1) is 5.86. The van der Waals surface area contributed by atoms with Crippen LogP contribution in [0.5, 0.6) is 0 Å². The number of hydrogen-bond acceptors (Lipinski definition) is 3. The summed E-state index contributed by atoms with van der Waals surface area (Å²) in [6.45, 7) is 2.78. The molecule has 1 aromatic rings. The van der Waals surface area contributed by atoms with Crippen LogP contribution in [-0.4, -0.2) is 17.6 Å².